The van der Waals surface area contributed by atoms with Crippen molar-refractivity contribution < 1.29 is 22.7 Å². The standard InChI is InChI=1S/C25H34ClN3O5S/c1-5-27-25(31)19(3)28(18-20-12-7-8-13-21(20)26)24(30)16-11-17-29(35(4,32)33)22-14-9-10-15-23(22)34-6-2/h7-10,12-15,19H,5-6,11,16-18H2,1-4H3,(H,27,31)/t19-/m0/s1. The van der Waals surface area contributed by atoms with Crippen LogP contribution < -0.4 is 14.4 Å². The maximum Gasteiger partial charge on any atom is 0.242 e. The summed E-state index contributed by atoms with van der Waals surface area (Å²) < 4.78 is 32.0. The lowest BCUT2D eigenvalue weighted by atomic mass is 10.1. The van der Waals surface area contributed by atoms with E-state index < -0.39 is 16.1 Å². The normalized spacial score (nSPS) is 12.0. The highest BCUT2D eigenvalue weighted by atomic mass is 35.5. The molecule has 0 heterocycles. The van der Waals surface area contributed by atoms with Gasteiger partial charge in [-0.25, -0.2) is 8.42 Å². The number of hydrogen-bond acceptors (Lipinski definition) is 5. The third-order valence-electron chi connectivity index (χ3n) is 5.40. The zero-order chi connectivity index (χ0) is 26.0. The Morgan fingerprint density at radius 3 is 2.37 bits per heavy atom. The fourth-order valence-electron chi connectivity index (χ4n) is 3.64. The number of halogens is 1. The van der Waals surface area contributed by atoms with Gasteiger partial charge in [0.1, 0.15) is 11.8 Å². The second-order valence-electron chi connectivity index (χ2n) is 8.02. The summed E-state index contributed by atoms with van der Waals surface area (Å²) in [6.45, 7) is 6.39. The third kappa shape index (κ3) is 8.14. The van der Waals surface area contributed by atoms with Gasteiger partial charge in [-0.2, -0.15) is 0 Å². The number of hydrogen-bond donors (Lipinski definition) is 1. The van der Waals surface area contributed by atoms with Crippen molar-refractivity contribution in [2.45, 2.75) is 46.2 Å². The lowest BCUT2D eigenvalue weighted by Gasteiger charge is -2.29. The minimum atomic E-state index is -3.62. The molecule has 0 radical (unpaired) electrons. The summed E-state index contributed by atoms with van der Waals surface area (Å²) in [7, 11) is -3.62. The Hall–Kier alpha value is -2.78. The number of sulfonamides is 1. The SMILES string of the molecule is CCNC(=O)[C@H](C)N(Cc1ccccc1Cl)C(=O)CCCN(c1ccccc1OCC)S(C)(=O)=O. The molecule has 1 N–H and O–H groups in total. The summed E-state index contributed by atoms with van der Waals surface area (Å²) in [6.07, 6.45) is 1.43. The molecule has 0 aliphatic carbocycles. The van der Waals surface area contributed by atoms with Crippen LogP contribution in [0.4, 0.5) is 5.69 Å². The summed E-state index contributed by atoms with van der Waals surface area (Å²) in [5, 5.41) is 3.25. The number of carbonyl (C=O) groups is 2. The van der Waals surface area contributed by atoms with Crippen molar-refractivity contribution in [1.29, 1.82) is 0 Å². The van der Waals surface area contributed by atoms with Gasteiger partial charge in [-0.3, -0.25) is 13.9 Å². The van der Waals surface area contributed by atoms with Gasteiger partial charge in [-0.15, -0.1) is 0 Å². The summed E-state index contributed by atoms with van der Waals surface area (Å²) in [5.41, 5.74) is 1.15. The summed E-state index contributed by atoms with van der Waals surface area (Å²) in [6, 6.07) is 13.3. The molecule has 0 saturated heterocycles. The molecule has 2 amide bonds. The Labute approximate surface area is 213 Å². The molecule has 192 valence electrons. The maximum absolute atomic E-state index is 13.3. The number of ether oxygens (including phenoxy) is 1. The minimum absolute atomic E-state index is 0.0526. The minimum Gasteiger partial charge on any atom is -0.492 e. The predicted molar refractivity (Wildman–Crippen MR) is 139 cm³/mol. The Balaban J connectivity index is 2.20. The molecule has 0 bridgehead atoms. The van der Waals surface area contributed by atoms with Crippen LogP contribution in [0.2, 0.25) is 5.02 Å². The first-order valence-electron chi connectivity index (χ1n) is 11.6. The fraction of sp³-hybridized carbons (Fsp3) is 0.440. The highest BCUT2D eigenvalue weighted by Crippen LogP contribution is 2.30. The van der Waals surface area contributed by atoms with Crippen molar-refractivity contribution in [2.75, 3.05) is 30.3 Å². The average Bonchev–Trinajstić information content (AvgIpc) is 2.81. The second kappa shape index (κ2) is 13.3. The molecule has 2 aromatic rings. The number of benzene rings is 2. The van der Waals surface area contributed by atoms with E-state index in [-0.39, 0.29) is 37.7 Å². The van der Waals surface area contributed by atoms with Crippen LogP contribution in [0.3, 0.4) is 0 Å². The first-order valence-corrected chi connectivity index (χ1v) is 13.8. The summed E-state index contributed by atoms with van der Waals surface area (Å²) >= 11 is 6.30. The number of nitrogens with one attached hydrogen (secondary N) is 1. The Bertz CT molecular complexity index is 1110. The number of carbonyl (C=O) groups excluding carboxylic acids is 2. The highest BCUT2D eigenvalue weighted by Gasteiger charge is 2.27. The van der Waals surface area contributed by atoms with E-state index in [0.717, 1.165) is 11.8 Å². The van der Waals surface area contributed by atoms with Crippen molar-refractivity contribution in [1.82, 2.24) is 10.2 Å². The zero-order valence-electron chi connectivity index (χ0n) is 20.7. The number of para-hydroxylation sites is 2. The molecule has 0 spiro atoms. The lowest BCUT2D eigenvalue weighted by Crippen LogP contribution is -2.47. The van der Waals surface area contributed by atoms with Gasteiger partial charge in [0.15, 0.2) is 0 Å². The zero-order valence-corrected chi connectivity index (χ0v) is 22.2. The number of likely N-dealkylation sites (N-methyl/N-ethyl adjacent to an activating group) is 1. The van der Waals surface area contributed by atoms with Gasteiger partial charge in [0.2, 0.25) is 21.8 Å². The molecule has 0 aromatic heterocycles. The Morgan fingerprint density at radius 1 is 1.09 bits per heavy atom. The molecule has 2 aromatic carbocycles. The molecule has 8 nitrogen and oxygen atoms in total. The molecular weight excluding hydrogens is 490 g/mol. The van der Waals surface area contributed by atoms with Crippen LogP contribution in [0.25, 0.3) is 0 Å². The van der Waals surface area contributed by atoms with Crippen molar-refractivity contribution >= 4 is 39.1 Å². The van der Waals surface area contributed by atoms with Crippen LogP contribution in [-0.4, -0.2) is 57.1 Å². The van der Waals surface area contributed by atoms with Gasteiger partial charge >= 0.3 is 0 Å². The van der Waals surface area contributed by atoms with Crippen LogP contribution in [0.1, 0.15) is 39.2 Å². The lowest BCUT2D eigenvalue weighted by molar-refractivity contribution is -0.140. The van der Waals surface area contributed by atoms with Gasteiger partial charge in [-0.1, -0.05) is 41.9 Å². The molecule has 35 heavy (non-hydrogen) atoms. The van der Waals surface area contributed by atoms with Crippen LogP contribution in [0.15, 0.2) is 48.5 Å². The van der Waals surface area contributed by atoms with E-state index in [1.165, 1.54) is 9.21 Å². The van der Waals surface area contributed by atoms with Crippen molar-refractivity contribution in [3.8, 4) is 5.75 Å². The third-order valence-corrected chi connectivity index (χ3v) is 6.95. The molecule has 10 heteroatoms. The van der Waals surface area contributed by atoms with E-state index in [4.69, 9.17) is 16.3 Å². The van der Waals surface area contributed by atoms with Gasteiger partial charge in [0.05, 0.1) is 18.6 Å². The largest absolute Gasteiger partial charge is 0.492 e. The number of rotatable bonds is 13. The van der Waals surface area contributed by atoms with Crippen LogP contribution in [0, 0.1) is 0 Å². The maximum atomic E-state index is 13.3. The number of amides is 2. The van der Waals surface area contributed by atoms with Crippen LogP contribution in [-0.2, 0) is 26.2 Å². The van der Waals surface area contributed by atoms with E-state index in [1.807, 2.05) is 26.0 Å². The first kappa shape index (κ1) is 28.5. The molecule has 0 saturated carbocycles. The summed E-state index contributed by atoms with van der Waals surface area (Å²) in [4.78, 5) is 27.3. The average molecular weight is 524 g/mol. The van der Waals surface area contributed by atoms with E-state index in [0.29, 0.717) is 29.6 Å². The Kier molecular flexibility index (Phi) is 10.9. The van der Waals surface area contributed by atoms with E-state index in [1.54, 1.807) is 43.3 Å². The van der Waals surface area contributed by atoms with Crippen LogP contribution in [0.5, 0.6) is 5.75 Å². The van der Waals surface area contributed by atoms with E-state index in [2.05, 4.69) is 5.32 Å². The highest BCUT2D eigenvalue weighted by molar-refractivity contribution is 7.92. The molecule has 0 aliphatic heterocycles. The van der Waals surface area contributed by atoms with Crippen LogP contribution >= 0.6 is 11.6 Å². The summed E-state index contributed by atoms with van der Waals surface area (Å²) in [5.74, 6) is -0.0801. The molecule has 1 atom stereocenters. The number of anilines is 1. The van der Waals surface area contributed by atoms with Gasteiger partial charge in [0, 0.05) is 31.1 Å². The molecular formula is C25H34ClN3O5S. The number of nitrogens with zero attached hydrogens (tertiary/aromatic N) is 2. The molecule has 0 fully saturated rings. The monoisotopic (exact) mass is 523 g/mol. The molecule has 0 unspecified atom stereocenters. The van der Waals surface area contributed by atoms with Gasteiger partial charge in [-0.05, 0) is 51.0 Å². The van der Waals surface area contributed by atoms with E-state index >= 15 is 0 Å². The van der Waals surface area contributed by atoms with Crippen molar-refractivity contribution in [2.24, 2.45) is 0 Å². The molecule has 0 aliphatic rings. The first-order chi connectivity index (χ1) is 16.6. The second-order valence-corrected chi connectivity index (χ2v) is 10.3. The van der Waals surface area contributed by atoms with Gasteiger partial charge < -0.3 is 15.0 Å². The van der Waals surface area contributed by atoms with Crippen molar-refractivity contribution in [3.05, 3.63) is 59.1 Å². The predicted octanol–water partition coefficient (Wildman–Crippen LogP) is 3.84. The topological polar surface area (TPSA) is 96.0 Å². The fourth-order valence-corrected chi connectivity index (χ4v) is 4.80. The molecule has 2 rings (SSSR count). The van der Waals surface area contributed by atoms with E-state index in [9.17, 15) is 18.0 Å². The quantitative estimate of drug-likeness (QED) is 0.430. The van der Waals surface area contributed by atoms with Gasteiger partial charge in [0.25, 0.3) is 0 Å². The Morgan fingerprint density at radius 2 is 1.74 bits per heavy atom. The van der Waals surface area contributed by atoms with Crippen molar-refractivity contribution in [3.63, 3.8) is 0 Å². The smallest absolute Gasteiger partial charge is 0.242 e.